The highest BCUT2D eigenvalue weighted by molar-refractivity contribution is 5.73. The average Bonchev–Trinajstić information content (AvgIpc) is 3.03. The van der Waals surface area contributed by atoms with Gasteiger partial charge in [0.15, 0.2) is 0 Å². The SMILES string of the molecule is O=C(O)[C@H]1CCCN1Cc1cccc(Oc2cccc(C(F)(F)F)c2)c1. The number of rotatable bonds is 5. The van der Waals surface area contributed by atoms with Gasteiger partial charge in [0.1, 0.15) is 17.5 Å². The summed E-state index contributed by atoms with van der Waals surface area (Å²) in [7, 11) is 0. The second kappa shape index (κ2) is 7.37. The number of carboxylic acid groups (broad SMARTS) is 1. The molecule has 2 aromatic rings. The Morgan fingerprint density at radius 2 is 1.85 bits per heavy atom. The third kappa shape index (κ3) is 4.35. The smallest absolute Gasteiger partial charge is 0.416 e. The van der Waals surface area contributed by atoms with Crippen molar-refractivity contribution in [2.75, 3.05) is 6.54 Å². The van der Waals surface area contributed by atoms with Gasteiger partial charge in [0.05, 0.1) is 5.56 Å². The van der Waals surface area contributed by atoms with Crippen molar-refractivity contribution in [1.29, 1.82) is 0 Å². The number of ether oxygens (including phenoxy) is 1. The lowest BCUT2D eigenvalue weighted by atomic mass is 10.1. The van der Waals surface area contributed by atoms with Crippen LogP contribution in [-0.4, -0.2) is 28.6 Å². The van der Waals surface area contributed by atoms with Crippen molar-refractivity contribution < 1.29 is 27.8 Å². The summed E-state index contributed by atoms with van der Waals surface area (Å²) in [5.41, 5.74) is 0.0788. The molecule has 2 aromatic carbocycles. The van der Waals surface area contributed by atoms with E-state index in [4.69, 9.17) is 4.74 Å². The number of hydrogen-bond donors (Lipinski definition) is 1. The van der Waals surface area contributed by atoms with Gasteiger partial charge in [-0.05, 0) is 55.3 Å². The van der Waals surface area contributed by atoms with Crippen molar-refractivity contribution in [1.82, 2.24) is 4.90 Å². The van der Waals surface area contributed by atoms with E-state index in [0.29, 0.717) is 25.3 Å². The van der Waals surface area contributed by atoms with Gasteiger partial charge < -0.3 is 9.84 Å². The minimum atomic E-state index is -4.43. The Balaban J connectivity index is 1.73. The fourth-order valence-electron chi connectivity index (χ4n) is 3.11. The van der Waals surface area contributed by atoms with Gasteiger partial charge in [0.25, 0.3) is 0 Å². The van der Waals surface area contributed by atoms with Gasteiger partial charge in [0.2, 0.25) is 0 Å². The van der Waals surface area contributed by atoms with E-state index < -0.39 is 23.8 Å². The molecule has 1 N–H and O–H groups in total. The number of aliphatic carboxylic acids is 1. The molecule has 1 atom stereocenters. The molecular formula is C19H18F3NO3. The zero-order chi connectivity index (χ0) is 18.7. The quantitative estimate of drug-likeness (QED) is 0.845. The number of nitrogens with zero attached hydrogens (tertiary/aromatic N) is 1. The van der Waals surface area contributed by atoms with Crippen molar-refractivity contribution in [3.8, 4) is 11.5 Å². The van der Waals surface area contributed by atoms with Gasteiger partial charge in [-0.25, -0.2) is 0 Å². The summed E-state index contributed by atoms with van der Waals surface area (Å²) < 4.78 is 43.9. The largest absolute Gasteiger partial charge is 0.480 e. The van der Waals surface area contributed by atoms with Crippen LogP contribution < -0.4 is 4.74 Å². The average molecular weight is 365 g/mol. The molecule has 4 nitrogen and oxygen atoms in total. The molecule has 1 fully saturated rings. The fourth-order valence-corrected chi connectivity index (χ4v) is 3.11. The zero-order valence-corrected chi connectivity index (χ0v) is 13.9. The molecule has 3 rings (SSSR count). The first kappa shape index (κ1) is 18.3. The molecule has 0 saturated carbocycles. The summed E-state index contributed by atoms with van der Waals surface area (Å²) in [4.78, 5) is 13.1. The normalized spacial score (nSPS) is 18.0. The molecule has 7 heteroatoms. The summed E-state index contributed by atoms with van der Waals surface area (Å²) in [6.45, 7) is 1.16. The highest BCUT2D eigenvalue weighted by Gasteiger charge is 2.31. The van der Waals surface area contributed by atoms with Crippen LogP contribution in [-0.2, 0) is 17.5 Å². The molecule has 1 saturated heterocycles. The molecule has 0 amide bonds. The van der Waals surface area contributed by atoms with E-state index >= 15 is 0 Å². The summed E-state index contributed by atoms with van der Waals surface area (Å²) in [6.07, 6.45) is -2.98. The molecule has 0 aliphatic carbocycles. The maximum atomic E-state index is 12.8. The number of benzene rings is 2. The van der Waals surface area contributed by atoms with Crippen LogP contribution in [0.3, 0.4) is 0 Å². The van der Waals surface area contributed by atoms with Gasteiger partial charge in [-0.15, -0.1) is 0 Å². The van der Waals surface area contributed by atoms with Gasteiger partial charge in [-0.1, -0.05) is 18.2 Å². The first-order valence-electron chi connectivity index (χ1n) is 8.24. The van der Waals surface area contributed by atoms with Crippen LogP contribution in [0.25, 0.3) is 0 Å². The van der Waals surface area contributed by atoms with Crippen LogP contribution in [0.15, 0.2) is 48.5 Å². The molecule has 0 aromatic heterocycles. The van der Waals surface area contributed by atoms with Crippen LogP contribution in [0, 0.1) is 0 Å². The number of halogens is 3. The number of likely N-dealkylation sites (tertiary alicyclic amines) is 1. The molecule has 1 aliphatic rings. The lowest BCUT2D eigenvalue weighted by molar-refractivity contribution is -0.142. The minimum absolute atomic E-state index is 0.0987. The van der Waals surface area contributed by atoms with Gasteiger partial charge in [0, 0.05) is 6.54 Å². The summed E-state index contributed by atoms with van der Waals surface area (Å²) in [5, 5.41) is 9.24. The van der Waals surface area contributed by atoms with Crippen LogP contribution in [0.2, 0.25) is 0 Å². The molecular weight excluding hydrogens is 347 g/mol. The second-order valence-electron chi connectivity index (χ2n) is 6.24. The molecule has 138 valence electrons. The van der Waals surface area contributed by atoms with Crippen molar-refractivity contribution >= 4 is 5.97 Å². The predicted molar refractivity (Wildman–Crippen MR) is 89.0 cm³/mol. The lowest BCUT2D eigenvalue weighted by Crippen LogP contribution is -2.35. The van der Waals surface area contributed by atoms with E-state index in [1.54, 1.807) is 18.2 Å². The molecule has 1 heterocycles. The van der Waals surface area contributed by atoms with E-state index in [2.05, 4.69) is 0 Å². The Morgan fingerprint density at radius 1 is 1.15 bits per heavy atom. The first-order chi connectivity index (χ1) is 12.3. The van der Waals surface area contributed by atoms with Crippen molar-refractivity contribution in [3.63, 3.8) is 0 Å². The standard InChI is InChI=1S/C19H18F3NO3/c20-19(21,22)14-5-2-7-16(11-14)26-15-6-1-4-13(10-15)12-23-9-3-8-17(23)18(24)25/h1-2,4-7,10-11,17H,3,8-9,12H2,(H,24,25)/t17-/m1/s1. The monoisotopic (exact) mass is 365 g/mol. The lowest BCUT2D eigenvalue weighted by Gasteiger charge is -2.21. The Kier molecular flexibility index (Phi) is 5.18. The Bertz CT molecular complexity index is 792. The molecule has 0 bridgehead atoms. The van der Waals surface area contributed by atoms with Gasteiger partial charge in [-0.3, -0.25) is 9.69 Å². The highest BCUT2D eigenvalue weighted by atomic mass is 19.4. The number of carbonyl (C=O) groups is 1. The van der Waals surface area contributed by atoms with Crippen molar-refractivity contribution in [2.24, 2.45) is 0 Å². The third-order valence-corrected chi connectivity index (χ3v) is 4.33. The summed E-state index contributed by atoms with van der Waals surface area (Å²) in [6, 6.07) is 11.2. The molecule has 0 radical (unpaired) electrons. The first-order valence-corrected chi connectivity index (χ1v) is 8.24. The zero-order valence-electron chi connectivity index (χ0n) is 13.9. The molecule has 26 heavy (non-hydrogen) atoms. The fraction of sp³-hybridized carbons (Fsp3) is 0.316. The molecule has 0 spiro atoms. The number of hydrogen-bond acceptors (Lipinski definition) is 3. The number of carboxylic acids is 1. The van der Waals surface area contributed by atoms with Crippen LogP contribution in [0.1, 0.15) is 24.0 Å². The Morgan fingerprint density at radius 3 is 2.54 bits per heavy atom. The van der Waals surface area contributed by atoms with E-state index in [0.717, 1.165) is 24.1 Å². The van der Waals surface area contributed by atoms with Crippen molar-refractivity contribution in [3.05, 3.63) is 59.7 Å². The topological polar surface area (TPSA) is 49.8 Å². The predicted octanol–water partition coefficient (Wildman–Crippen LogP) is 4.55. The van der Waals surface area contributed by atoms with E-state index in [9.17, 15) is 23.1 Å². The summed E-state index contributed by atoms with van der Waals surface area (Å²) >= 11 is 0. The maximum absolute atomic E-state index is 12.8. The van der Waals surface area contributed by atoms with Gasteiger partial charge in [-0.2, -0.15) is 13.2 Å². The maximum Gasteiger partial charge on any atom is 0.416 e. The van der Waals surface area contributed by atoms with E-state index in [-0.39, 0.29) is 5.75 Å². The number of alkyl halides is 3. The van der Waals surface area contributed by atoms with Crippen LogP contribution in [0.4, 0.5) is 13.2 Å². The highest BCUT2D eigenvalue weighted by Crippen LogP contribution is 2.33. The minimum Gasteiger partial charge on any atom is -0.480 e. The Hall–Kier alpha value is -2.54. The van der Waals surface area contributed by atoms with Crippen molar-refractivity contribution in [2.45, 2.75) is 31.6 Å². The summed E-state index contributed by atoms with van der Waals surface area (Å²) in [5.74, 6) is -0.326. The van der Waals surface area contributed by atoms with E-state index in [1.165, 1.54) is 12.1 Å². The van der Waals surface area contributed by atoms with E-state index in [1.807, 2.05) is 11.0 Å². The van der Waals surface area contributed by atoms with Crippen LogP contribution >= 0.6 is 0 Å². The van der Waals surface area contributed by atoms with Gasteiger partial charge >= 0.3 is 12.1 Å². The molecule has 0 unspecified atom stereocenters. The third-order valence-electron chi connectivity index (χ3n) is 4.33. The second-order valence-corrected chi connectivity index (χ2v) is 6.24. The van der Waals surface area contributed by atoms with Crippen LogP contribution in [0.5, 0.6) is 11.5 Å². The molecule has 1 aliphatic heterocycles. The Labute approximate surface area is 148 Å².